The van der Waals surface area contributed by atoms with Gasteiger partial charge < -0.3 is 9.30 Å². The summed E-state index contributed by atoms with van der Waals surface area (Å²) in [5.41, 5.74) is 6.29. The number of ether oxygens (including phenoxy) is 1. The van der Waals surface area contributed by atoms with Crippen LogP contribution in [-0.4, -0.2) is 31.3 Å². The molecule has 1 fully saturated rings. The van der Waals surface area contributed by atoms with Gasteiger partial charge in [0, 0.05) is 17.8 Å². The van der Waals surface area contributed by atoms with Crippen LogP contribution >= 0.6 is 0 Å². The largest absolute Gasteiger partial charge is 0.494 e. The Morgan fingerprint density at radius 1 is 1.03 bits per heavy atom. The molecule has 0 saturated heterocycles. The van der Waals surface area contributed by atoms with Crippen LogP contribution in [0.1, 0.15) is 24.2 Å². The molecule has 1 aliphatic carbocycles. The maximum Gasteiger partial charge on any atom is 0.284 e. The van der Waals surface area contributed by atoms with Gasteiger partial charge in [0.25, 0.3) is 5.56 Å². The average Bonchev–Trinajstić information content (AvgIpc) is 3.48. The minimum atomic E-state index is -0.144. The lowest BCUT2D eigenvalue weighted by Crippen LogP contribution is -2.21. The van der Waals surface area contributed by atoms with E-state index in [1.807, 2.05) is 62.4 Å². The van der Waals surface area contributed by atoms with Gasteiger partial charge in [-0.1, -0.05) is 36.4 Å². The summed E-state index contributed by atoms with van der Waals surface area (Å²) in [5, 5.41) is 3.24. The Hall–Kier alpha value is -3.87. The summed E-state index contributed by atoms with van der Waals surface area (Å²) in [4.78, 5) is 23.7. The molecule has 2 aromatic carbocycles. The third-order valence-electron chi connectivity index (χ3n) is 6.53. The third kappa shape index (κ3) is 3.07. The van der Waals surface area contributed by atoms with Crippen molar-refractivity contribution in [2.45, 2.75) is 33.2 Å². The van der Waals surface area contributed by atoms with Crippen LogP contribution in [0.4, 0.5) is 0 Å². The second kappa shape index (κ2) is 7.33. The zero-order valence-corrected chi connectivity index (χ0v) is 18.9. The van der Waals surface area contributed by atoms with Crippen LogP contribution in [0, 0.1) is 19.8 Å². The van der Waals surface area contributed by atoms with Crippen LogP contribution in [-0.2, 0) is 6.54 Å². The van der Waals surface area contributed by atoms with E-state index in [9.17, 15) is 4.79 Å². The minimum absolute atomic E-state index is 0.144. The number of nitrogens with zero attached hydrogens (tertiary/aromatic N) is 4. The van der Waals surface area contributed by atoms with Crippen LogP contribution in [0.3, 0.4) is 0 Å². The van der Waals surface area contributed by atoms with Crippen molar-refractivity contribution in [3.05, 3.63) is 70.3 Å². The summed E-state index contributed by atoms with van der Waals surface area (Å²) in [6.07, 6.45) is 2.41. The highest BCUT2D eigenvalue weighted by atomic mass is 16.5. The van der Waals surface area contributed by atoms with E-state index in [1.54, 1.807) is 11.6 Å². The number of nitrogens with one attached hydrogen (secondary N) is 1. The molecule has 33 heavy (non-hydrogen) atoms. The van der Waals surface area contributed by atoms with E-state index in [0.717, 1.165) is 34.4 Å². The highest BCUT2D eigenvalue weighted by Crippen LogP contribution is 2.36. The van der Waals surface area contributed by atoms with Crippen LogP contribution < -0.4 is 10.3 Å². The van der Waals surface area contributed by atoms with Gasteiger partial charge in [-0.15, -0.1) is 0 Å². The van der Waals surface area contributed by atoms with Crippen LogP contribution in [0.5, 0.6) is 5.75 Å². The van der Waals surface area contributed by atoms with E-state index in [0.29, 0.717) is 34.4 Å². The molecule has 5 aromatic rings. The molecule has 3 heterocycles. The van der Waals surface area contributed by atoms with Gasteiger partial charge in [0.1, 0.15) is 22.7 Å². The normalized spacial score (nSPS) is 13.8. The molecule has 7 nitrogen and oxygen atoms in total. The molecule has 0 aliphatic heterocycles. The van der Waals surface area contributed by atoms with Gasteiger partial charge in [0.15, 0.2) is 5.65 Å². The van der Waals surface area contributed by atoms with Gasteiger partial charge in [0.2, 0.25) is 0 Å². The fraction of sp³-hybridized carbons (Fsp3) is 0.269. The summed E-state index contributed by atoms with van der Waals surface area (Å²) in [6.45, 7) is 4.70. The van der Waals surface area contributed by atoms with Crippen molar-refractivity contribution in [1.29, 1.82) is 0 Å². The number of imidazole rings is 1. The smallest absolute Gasteiger partial charge is 0.284 e. The van der Waals surface area contributed by atoms with Gasteiger partial charge in [-0.2, -0.15) is 0 Å². The standard InChI is InChI=1S/C26H25N5O2/c1-15-22(24-28-23-19(10-7-11-20(23)33-3)30(24)14-17-12-13-17)26(32)31-25(27-15)21(16(2)29-31)18-8-5-4-6-9-18/h4-11,17,29H,12-14H2,1-3H3. The van der Waals surface area contributed by atoms with Gasteiger partial charge in [-0.3, -0.25) is 9.89 Å². The van der Waals surface area contributed by atoms with E-state index in [1.165, 1.54) is 12.8 Å². The number of para-hydroxylation sites is 1. The molecule has 0 atom stereocenters. The van der Waals surface area contributed by atoms with E-state index < -0.39 is 0 Å². The van der Waals surface area contributed by atoms with Crippen molar-refractivity contribution < 1.29 is 4.74 Å². The fourth-order valence-corrected chi connectivity index (χ4v) is 4.72. The number of methoxy groups -OCH3 is 1. The van der Waals surface area contributed by atoms with E-state index >= 15 is 0 Å². The quantitative estimate of drug-likeness (QED) is 0.429. The predicted octanol–water partition coefficient (Wildman–Crippen LogP) is 4.74. The first-order chi connectivity index (χ1) is 16.1. The lowest BCUT2D eigenvalue weighted by Gasteiger charge is -2.10. The molecule has 0 unspecified atom stereocenters. The number of benzene rings is 2. The third-order valence-corrected chi connectivity index (χ3v) is 6.53. The van der Waals surface area contributed by atoms with Gasteiger partial charge in [-0.05, 0) is 50.3 Å². The monoisotopic (exact) mass is 439 g/mol. The zero-order chi connectivity index (χ0) is 22.7. The Labute approximate surface area is 190 Å². The lowest BCUT2D eigenvalue weighted by molar-refractivity contribution is 0.419. The molecule has 0 amide bonds. The van der Waals surface area contributed by atoms with Crippen LogP contribution in [0.15, 0.2) is 53.3 Å². The second-order valence-corrected chi connectivity index (χ2v) is 8.83. The van der Waals surface area contributed by atoms with E-state index in [2.05, 4.69) is 9.67 Å². The zero-order valence-electron chi connectivity index (χ0n) is 18.9. The molecular weight excluding hydrogens is 414 g/mol. The lowest BCUT2D eigenvalue weighted by atomic mass is 10.1. The Morgan fingerprint density at radius 3 is 2.55 bits per heavy atom. The summed E-state index contributed by atoms with van der Waals surface area (Å²) in [6, 6.07) is 16.0. The van der Waals surface area contributed by atoms with E-state index in [4.69, 9.17) is 14.7 Å². The number of aromatic nitrogens is 5. The molecule has 1 aliphatic rings. The highest BCUT2D eigenvalue weighted by molar-refractivity contribution is 5.87. The molecule has 0 bridgehead atoms. The van der Waals surface area contributed by atoms with Crippen molar-refractivity contribution in [2.75, 3.05) is 7.11 Å². The number of rotatable bonds is 5. The van der Waals surface area contributed by atoms with Crippen LogP contribution in [0.25, 0.3) is 39.2 Å². The first-order valence-corrected chi connectivity index (χ1v) is 11.3. The summed E-state index contributed by atoms with van der Waals surface area (Å²) in [5.74, 6) is 1.97. The Balaban J connectivity index is 1.63. The molecule has 6 rings (SSSR count). The summed E-state index contributed by atoms with van der Waals surface area (Å²) in [7, 11) is 1.65. The maximum absolute atomic E-state index is 13.8. The van der Waals surface area contributed by atoms with Gasteiger partial charge in [-0.25, -0.2) is 14.5 Å². The first-order valence-electron chi connectivity index (χ1n) is 11.3. The average molecular weight is 440 g/mol. The van der Waals surface area contributed by atoms with Gasteiger partial charge in [0.05, 0.1) is 18.3 Å². The summed E-state index contributed by atoms with van der Waals surface area (Å²) < 4.78 is 9.29. The number of hydrogen-bond acceptors (Lipinski definition) is 4. The second-order valence-electron chi connectivity index (χ2n) is 8.83. The molecule has 166 valence electrons. The molecule has 0 spiro atoms. The highest BCUT2D eigenvalue weighted by Gasteiger charge is 2.28. The topological polar surface area (TPSA) is 77.2 Å². The number of hydrogen-bond donors (Lipinski definition) is 1. The van der Waals surface area contributed by atoms with Crippen molar-refractivity contribution in [3.8, 4) is 28.3 Å². The number of H-pyrrole nitrogens is 1. The molecule has 1 saturated carbocycles. The molecule has 3 aromatic heterocycles. The van der Waals surface area contributed by atoms with Crippen molar-refractivity contribution >= 4 is 16.7 Å². The van der Waals surface area contributed by atoms with Gasteiger partial charge >= 0.3 is 0 Å². The molecule has 7 heteroatoms. The van der Waals surface area contributed by atoms with Crippen molar-refractivity contribution in [2.24, 2.45) is 5.92 Å². The number of aryl methyl sites for hydroxylation is 2. The number of aromatic amines is 1. The Bertz CT molecular complexity index is 1570. The van der Waals surface area contributed by atoms with E-state index in [-0.39, 0.29) is 5.56 Å². The van der Waals surface area contributed by atoms with Crippen LogP contribution in [0.2, 0.25) is 0 Å². The fourth-order valence-electron chi connectivity index (χ4n) is 4.72. The van der Waals surface area contributed by atoms with Crippen molar-refractivity contribution in [3.63, 3.8) is 0 Å². The predicted molar refractivity (Wildman–Crippen MR) is 129 cm³/mol. The minimum Gasteiger partial charge on any atom is -0.494 e. The first kappa shape index (κ1) is 19.8. The Kier molecular flexibility index (Phi) is 4.40. The maximum atomic E-state index is 13.8. The Morgan fingerprint density at radius 2 is 1.82 bits per heavy atom. The molecule has 1 N–H and O–H groups in total. The summed E-state index contributed by atoms with van der Waals surface area (Å²) >= 11 is 0. The van der Waals surface area contributed by atoms with Crippen molar-refractivity contribution in [1.82, 2.24) is 24.1 Å². The molecule has 0 radical (unpaired) electrons. The SMILES string of the molecule is COc1cccc2c1nc(-c1c(C)nc3c(-c4ccccc4)c(C)[nH]n3c1=O)n2CC1CC1. The number of fused-ring (bicyclic) bond motifs is 2. The molecular formula is C26H25N5O2.